The normalized spacial score (nSPS) is 21.4. The fourth-order valence-corrected chi connectivity index (χ4v) is 4.54. The van der Waals surface area contributed by atoms with E-state index in [9.17, 15) is 9.90 Å². The first-order valence-corrected chi connectivity index (χ1v) is 11.0. The van der Waals surface area contributed by atoms with Gasteiger partial charge in [-0.15, -0.1) is 0 Å². The molecule has 1 amide bonds. The molecular weight excluding hydrogens is 390 g/mol. The van der Waals surface area contributed by atoms with E-state index < -0.39 is 6.35 Å². The lowest BCUT2D eigenvalue weighted by molar-refractivity contribution is 0.0706. The highest BCUT2D eigenvalue weighted by Gasteiger charge is 2.36. The second kappa shape index (κ2) is 8.04. The molecule has 3 N–H and O–H groups in total. The minimum atomic E-state index is -0.718. The largest absolute Gasteiger partial charge is 0.399 e. The minimum absolute atomic E-state index is 0.0158. The Labute approximate surface area is 184 Å². The van der Waals surface area contributed by atoms with Crippen LogP contribution in [-0.4, -0.2) is 53.9 Å². The second-order valence-electron chi connectivity index (χ2n) is 9.94. The van der Waals surface area contributed by atoms with Crippen molar-refractivity contribution >= 4 is 23.1 Å². The highest BCUT2D eigenvalue weighted by Crippen LogP contribution is 2.40. The van der Waals surface area contributed by atoms with E-state index in [4.69, 9.17) is 10.7 Å². The predicted octanol–water partition coefficient (Wildman–Crippen LogP) is 3.26. The summed E-state index contributed by atoms with van der Waals surface area (Å²) in [7, 11) is 1.87. The van der Waals surface area contributed by atoms with Crippen molar-refractivity contribution in [2.45, 2.75) is 45.9 Å². The molecule has 2 aliphatic rings. The monoisotopic (exact) mass is 423 g/mol. The summed E-state index contributed by atoms with van der Waals surface area (Å²) in [5, 5.41) is 10.8. The van der Waals surface area contributed by atoms with Crippen molar-refractivity contribution in [3.8, 4) is 0 Å². The summed E-state index contributed by atoms with van der Waals surface area (Å²) in [5.41, 5.74) is 9.06. The zero-order valence-corrected chi connectivity index (χ0v) is 18.9. The molecule has 7 nitrogen and oxygen atoms in total. The number of carbonyl (C=O) groups excluding carboxylic acids is 1. The molecular formula is C24H33N5O2. The number of pyridine rings is 1. The van der Waals surface area contributed by atoms with Gasteiger partial charge in [0.05, 0.1) is 5.69 Å². The third kappa shape index (κ3) is 4.32. The molecule has 2 aliphatic heterocycles. The Morgan fingerprint density at radius 2 is 2.03 bits per heavy atom. The molecule has 166 valence electrons. The summed E-state index contributed by atoms with van der Waals surface area (Å²) in [4.78, 5) is 23.7. The molecule has 0 aliphatic carbocycles. The van der Waals surface area contributed by atoms with Gasteiger partial charge >= 0.3 is 0 Å². The third-order valence-corrected chi connectivity index (χ3v) is 6.05. The Bertz CT molecular complexity index is 971. The molecule has 0 radical (unpaired) electrons. The number of nitrogen functional groups attached to an aromatic ring is 1. The van der Waals surface area contributed by atoms with E-state index in [2.05, 4.69) is 32.9 Å². The second-order valence-corrected chi connectivity index (χ2v) is 9.94. The summed E-state index contributed by atoms with van der Waals surface area (Å²) in [5.74, 6) is 0.988. The molecule has 2 unspecified atom stereocenters. The van der Waals surface area contributed by atoms with Crippen molar-refractivity contribution in [1.82, 2.24) is 9.88 Å². The van der Waals surface area contributed by atoms with Crippen molar-refractivity contribution in [3.05, 3.63) is 47.7 Å². The maximum absolute atomic E-state index is 13.0. The Balaban J connectivity index is 1.55. The van der Waals surface area contributed by atoms with Gasteiger partial charge < -0.3 is 25.5 Å². The summed E-state index contributed by atoms with van der Waals surface area (Å²) >= 11 is 0. The molecule has 2 aromatic rings. The van der Waals surface area contributed by atoms with Crippen molar-refractivity contribution in [2.24, 2.45) is 5.41 Å². The van der Waals surface area contributed by atoms with Gasteiger partial charge in [0.15, 0.2) is 5.82 Å². The number of hydrogen-bond donors (Lipinski definition) is 2. The van der Waals surface area contributed by atoms with Crippen LogP contribution in [0, 0.1) is 5.41 Å². The van der Waals surface area contributed by atoms with E-state index >= 15 is 0 Å². The number of anilines is 3. The molecule has 2 atom stereocenters. The molecule has 3 heterocycles. The van der Waals surface area contributed by atoms with Crippen LogP contribution in [0.1, 0.15) is 55.6 Å². The fraction of sp³-hybridized carbons (Fsp3) is 0.500. The Hall–Kier alpha value is -2.80. The minimum Gasteiger partial charge on any atom is -0.399 e. The lowest BCUT2D eigenvalue weighted by atomic mass is 9.93. The van der Waals surface area contributed by atoms with E-state index in [0.717, 1.165) is 43.1 Å². The number of likely N-dealkylation sites (tertiary alicyclic amines) is 1. The average molecular weight is 424 g/mol. The molecule has 1 aromatic carbocycles. The Morgan fingerprint density at radius 1 is 1.26 bits per heavy atom. The number of piperidine rings is 1. The van der Waals surface area contributed by atoms with Crippen LogP contribution in [-0.2, 0) is 0 Å². The van der Waals surface area contributed by atoms with Crippen LogP contribution in [0.4, 0.5) is 17.2 Å². The number of nitrogens with zero attached hydrogens (tertiary/aromatic N) is 4. The first-order valence-electron chi connectivity index (χ1n) is 11.0. The zero-order valence-electron chi connectivity index (χ0n) is 18.9. The van der Waals surface area contributed by atoms with E-state index in [1.54, 1.807) is 12.1 Å². The molecule has 1 fully saturated rings. The molecule has 1 aromatic heterocycles. The number of aromatic nitrogens is 1. The predicted molar refractivity (Wildman–Crippen MR) is 124 cm³/mol. The van der Waals surface area contributed by atoms with Gasteiger partial charge in [0, 0.05) is 49.5 Å². The highest BCUT2D eigenvalue weighted by molar-refractivity contribution is 5.95. The summed E-state index contributed by atoms with van der Waals surface area (Å²) in [6.45, 7) is 8.59. The molecule has 0 saturated carbocycles. The number of benzene rings is 1. The van der Waals surface area contributed by atoms with Crippen LogP contribution < -0.4 is 15.5 Å². The fourth-order valence-electron chi connectivity index (χ4n) is 4.54. The molecule has 4 rings (SSSR count). The lowest BCUT2D eigenvalue weighted by Crippen LogP contribution is -2.44. The van der Waals surface area contributed by atoms with Crippen molar-refractivity contribution in [3.63, 3.8) is 0 Å². The van der Waals surface area contributed by atoms with Crippen LogP contribution in [0.15, 0.2) is 36.4 Å². The summed E-state index contributed by atoms with van der Waals surface area (Å²) in [6.07, 6.45) is 1.21. The summed E-state index contributed by atoms with van der Waals surface area (Å²) < 4.78 is 0. The van der Waals surface area contributed by atoms with Gasteiger partial charge in [0.25, 0.3) is 5.91 Å². The Morgan fingerprint density at radius 3 is 2.74 bits per heavy atom. The van der Waals surface area contributed by atoms with E-state index in [0.29, 0.717) is 17.8 Å². The molecule has 1 saturated heterocycles. The molecule has 0 spiro atoms. The molecule has 0 bridgehead atoms. The van der Waals surface area contributed by atoms with Crippen LogP contribution in [0.5, 0.6) is 0 Å². The van der Waals surface area contributed by atoms with Crippen LogP contribution in [0.3, 0.4) is 0 Å². The number of fused-ring (bicyclic) bond motifs is 1. The summed E-state index contributed by atoms with van der Waals surface area (Å²) in [6, 6.07) is 11.3. The smallest absolute Gasteiger partial charge is 0.253 e. The number of aliphatic hydroxyl groups is 1. The van der Waals surface area contributed by atoms with Crippen molar-refractivity contribution in [2.75, 3.05) is 42.2 Å². The number of amides is 1. The quantitative estimate of drug-likeness (QED) is 0.737. The maximum atomic E-state index is 13.0. The molecule has 31 heavy (non-hydrogen) atoms. The first kappa shape index (κ1) is 21.4. The van der Waals surface area contributed by atoms with Crippen LogP contribution >= 0.6 is 0 Å². The standard InChI is InChI=1S/C24H33N5O2/c1-24(2,3)15-29-20-11-10-19(26-21(20)27(4)23(29)31)17-8-6-12-28(14-17)22(30)16-7-5-9-18(25)13-16/h5,7,9-11,13,17,23,31H,6,8,12,14-15,25H2,1-4H3. The SMILES string of the molecule is CN1c2nc(C3CCCN(C(=O)c4cccc(N)c4)C3)ccc2N(CC(C)(C)C)C1O. The van der Waals surface area contributed by atoms with E-state index in [1.165, 1.54) is 0 Å². The maximum Gasteiger partial charge on any atom is 0.253 e. The Kier molecular flexibility index (Phi) is 5.56. The number of carbonyl (C=O) groups is 1. The first-order chi connectivity index (χ1) is 14.6. The van der Waals surface area contributed by atoms with Gasteiger partial charge in [-0.1, -0.05) is 26.8 Å². The number of aliphatic hydroxyl groups excluding tert-OH is 1. The molecule has 7 heteroatoms. The van der Waals surface area contributed by atoms with Gasteiger partial charge in [0.2, 0.25) is 6.35 Å². The van der Waals surface area contributed by atoms with Gasteiger partial charge in [-0.2, -0.15) is 0 Å². The zero-order chi connectivity index (χ0) is 22.3. The highest BCUT2D eigenvalue weighted by atomic mass is 16.3. The van der Waals surface area contributed by atoms with Gasteiger partial charge in [-0.3, -0.25) is 4.79 Å². The van der Waals surface area contributed by atoms with Crippen LogP contribution in [0.2, 0.25) is 0 Å². The third-order valence-electron chi connectivity index (χ3n) is 6.05. The van der Waals surface area contributed by atoms with Crippen molar-refractivity contribution < 1.29 is 9.90 Å². The van der Waals surface area contributed by atoms with Gasteiger partial charge in [0.1, 0.15) is 0 Å². The van der Waals surface area contributed by atoms with Gasteiger partial charge in [-0.25, -0.2) is 4.98 Å². The lowest BCUT2D eigenvalue weighted by Gasteiger charge is -2.33. The van der Waals surface area contributed by atoms with E-state index in [-0.39, 0.29) is 17.2 Å². The van der Waals surface area contributed by atoms with Crippen molar-refractivity contribution in [1.29, 1.82) is 0 Å². The number of hydrogen-bond acceptors (Lipinski definition) is 6. The average Bonchev–Trinajstić information content (AvgIpc) is 2.96. The van der Waals surface area contributed by atoms with Crippen LogP contribution in [0.25, 0.3) is 0 Å². The number of rotatable bonds is 3. The number of nitrogens with two attached hydrogens (primary N) is 1. The topological polar surface area (TPSA) is 85.9 Å². The van der Waals surface area contributed by atoms with E-state index in [1.807, 2.05) is 33.9 Å². The van der Waals surface area contributed by atoms with Gasteiger partial charge in [-0.05, 0) is 48.6 Å².